The van der Waals surface area contributed by atoms with Gasteiger partial charge in [-0.2, -0.15) is 0 Å². The largest absolute Gasteiger partial charge is 0.310 e. The van der Waals surface area contributed by atoms with Gasteiger partial charge in [0.2, 0.25) is 0 Å². The van der Waals surface area contributed by atoms with Crippen LogP contribution in [0.3, 0.4) is 0 Å². The minimum atomic E-state index is 0.657. The molecule has 0 unspecified atom stereocenters. The fourth-order valence-electron chi connectivity index (χ4n) is 3.19. The van der Waals surface area contributed by atoms with Crippen LogP contribution < -0.4 is 5.32 Å². The molecule has 0 bridgehead atoms. The molecule has 1 saturated carbocycles. The Bertz CT molecular complexity index is 357. The van der Waals surface area contributed by atoms with Gasteiger partial charge in [0.1, 0.15) is 0 Å². The number of nitrogens with one attached hydrogen (secondary N) is 1. The SMILES string of the molecule is Cc1cccc(C)c1CN[C@@H](C)C1CCCCC1. The van der Waals surface area contributed by atoms with Crippen molar-refractivity contribution < 1.29 is 0 Å². The van der Waals surface area contributed by atoms with Crippen LogP contribution in [0.5, 0.6) is 0 Å². The maximum Gasteiger partial charge on any atom is 0.0213 e. The molecule has 1 nitrogen and oxygen atoms in total. The third-order valence-corrected chi connectivity index (χ3v) is 4.60. The van der Waals surface area contributed by atoms with Crippen LogP contribution in [0.1, 0.15) is 55.7 Å². The predicted molar refractivity (Wildman–Crippen MR) is 78.8 cm³/mol. The van der Waals surface area contributed by atoms with Crippen molar-refractivity contribution in [3.8, 4) is 0 Å². The predicted octanol–water partition coefficient (Wildman–Crippen LogP) is 4.36. The minimum absolute atomic E-state index is 0.657. The highest BCUT2D eigenvalue weighted by Crippen LogP contribution is 2.26. The third-order valence-electron chi connectivity index (χ3n) is 4.60. The summed E-state index contributed by atoms with van der Waals surface area (Å²) in [6.45, 7) is 7.82. The Morgan fingerprint density at radius 1 is 1.11 bits per heavy atom. The van der Waals surface area contributed by atoms with Crippen LogP contribution in [0.15, 0.2) is 18.2 Å². The number of aryl methyl sites for hydroxylation is 2. The van der Waals surface area contributed by atoms with E-state index < -0.39 is 0 Å². The Morgan fingerprint density at radius 2 is 1.72 bits per heavy atom. The first-order valence-electron chi connectivity index (χ1n) is 7.47. The van der Waals surface area contributed by atoms with Gasteiger partial charge in [0.05, 0.1) is 0 Å². The van der Waals surface area contributed by atoms with Crippen molar-refractivity contribution in [3.05, 3.63) is 34.9 Å². The highest BCUT2D eigenvalue weighted by Gasteiger charge is 2.19. The molecule has 0 spiro atoms. The lowest BCUT2D eigenvalue weighted by molar-refractivity contribution is 0.280. The molecular formula is C17H27N. The van der Waals surface area contributed by atoms with Gasteiger partial charge in [-0.05, 0) is 56.2 Å². The fourth-order valence-corrected chi connectivity index (χ4v) is 3.19. The van der Waals surface area contributed by atoms with Crippen molar-refractivity contribution in [2.24, 2.45) is 5.92 Å². The third kappa shape index (κ3) is 3.35. The average Bonchev–Trinajstić information content (AvgIpc) is 2.39. The summed E-state index contributed by atoms with van der Waals surface area (Å²) in [5, 5.41) is 3.75. The molecule has 0 heterocycles. The molecule has 0 aromatic heterocycles. The lowest BCUT2D eigenvalue weighted by Crippen LogP contribution is -2.34. The number of rotatable bonds is 4. The van der Waals surface area contributed by atoms with E-state index >= 15 is 0 Å². The smallest absolute Gasteiger partial charge is 0.0213 e. The van der Waals surface area contributed by atoms with Gasteiger partial charge in [-0.3, -0.25) is 0 Å². The van der Waals surface area contributed by atoms with E-state index in [-0.39, 0.29) is 0 Å². The van der Waals surface area contributed by atoms with Crippen LogP contribution in [0, 0.1) is 19.8 Å². The second kappa shape index (κ2) is 6.38. The molecule has 0 amide bonds. The van der Waals surface area contributed by atoms with Crippen LogP contribution in [-0.4, -0.2) is 6.04 Å². The fraction of sp³-hybridized carbons (Fsp3) is 0.647. The van der Waals surface area contributed by atoms with Gasteiger partial charge in [0.15, 0.2) is 0 Å². The average molecular weight is 245 g/mol. The summed E-state index contributed by atoms with van der Waals surface area (Å²) in [5.41, 5.74) is 4.32. The van der Waals surface area contributed by atoms with E-state index in [9.17, 15) is 0 Å². The molecule has 18 heavy (non-hydrogen) atoms. The Hall–Kier alpha value is -0.820. The van der Waals surface area contributed by atoms with E-state index in [4.69, 9.17) is 0 Å². The van der Waals surface area contributed by atoms with Gasteiger partial charge >= 0.3 is 0 Å². The molecule has 1 N–H and O–H groups in total. The zero-order chi connectivity index (χ0) is 13.0. The van der Waals surface area contributed by atoms with Crippen molar-refractivity contribution in [3.63, 3.8) is 0 Å². The van der Waals surface area contributed by atoms with Crippen molar-refractivity contribution >= 4 is 0 Å². The van der Waals surface area contributed by atoms with E-state index in [1.54, 1.807) is 0 Å². The van der Waals surface area contributed by atoms with Gasteiger partial charge in [-0.25, -0.2) is 0 Å². The summed E-state index contributed by atoms with van der Waals surface area (Å²) in [6.07, 6.45) is 7.14. The molecular weight excluding hydrogens is 218 g/mol. The summed E-state index contributed by atoms with van der Waals surface area (Å²) in [7, 11) is 0. The monoisotopic (exact) mass is 245 g/mol. The van der Waals surface area contributed by atoms with Crippen molar-refractivity contribution in [2.45, 2.75) is 65.5 Å². The second-order valence-electron chi connectivity index (χ2n) is 5.94. The number of benzene rings is 1. The summed E-state index contributed by atoms with van der Waals surface area (Å²) < 4.78 is 0. The molecule has 100 valence electrons. The van der Waals surface area contributed by atoms with Crippen LogP contribution in [0.2, 0.25) is 0 Å². The molecule has 1 aromatic carbocycles. The number of hydrogen-bond acceptors (Lipinski definition) is 1. The van der Waals surface area contributed by atoms with Gasteiger partial charge < -0.3 is 5.32 Å². The highest BCUT2D eigenvalue weighted by molar-refractivity contribution is 5.33. The Morgan fingerprint density at radius 3 is 2.33 bits per heavy atom. The summed E-state index contributed by atoms with van der Waals surface area (Å²) in [5.74, 6) is 0.892. The highest BCUT2D eigenvalue weighted by atomic mass is 14.9. The first-order chi connectivity index (χ1) is 8.68. The van der Waals surface area contributed by atoms with Crippen molar-refractivity contribution in [1.82, 2.24) is 5.32 Å². The summed E-state index contributed by atoms with van der Waals surface area (Å²) in [6, 6.07) is 7.24. The normalized spacial score (nSPS) is 18.8. The van der Waals surface area contributed by atoms with E-state index in [0.29, 0.717) is 6.04 Å². The van der Waals surface area contributed by atoms with E-state index in [2.05, 4.69) is 44.3 Å². The minimum Gasteiger partial charge on any atom is -0.310 e. The van der Waals surface area contributed by atoms with Crippen LogP contribution >= 0.6 is 0 Å². The van der Waals surface area contributed by atoms with Crippen LogP contribution in [0.4, 0.5) is 0 Å². The van der Waals surface area contributed by atoms with Crippen LogP contribution in [0.25, 0.3) is 0 Å². The summed E-state index contributed by atoms with van der Waals surface area (Å²) in [4.78, 5) is 0. The molecule has 1 heteroatoms. The first kappa shape index (κ1) is 13.6. The lowest BCUT2D eigenvalue weighted by atomic mass is 9.84. The Kier molecular flexibility index (Phi) is 4.82. The number of hydrogen-bond donors (Lipinski definition) is 1. The molecule has 1 aliphatic rings. The molecule has 1 atom stereocenters. The Labute approximate surface area is 112 Å². The lowest BCUT2D eigenvalue weighted by Gasteiger charge is -2.28. The second-order valence-corrected chi connectivity index (χ2v) is 5.94. The summed E-state index contributed by atoms with van der Waals surface area (Å²) >= 11 is 0. The standard InChI is InChI=1S/C17H27N/c1-13-8-7-9-14(2)17(13)12-18-15(3)16-10-5-4-6-11-16/h7-9,15-16,18H,4-6,10-12H2,1-3H3/t15-/m0/s1. The molecule has 1 aliphatic carbocycles. The molecule has 0 radical (unpaired) electrons. The van der Waals surface area contributed by atoms with E-state index in [1.165, 1.54) is 48.8 Å². The molecule has 0 aliphatic heterocycles. The Balaban J connectivity index is 1.90. The molecule has 0 saturated heterocycles. The van der Waals surface area contributed by atoms with E-state index in [1.807, 2.05) is 0 Å². The first-order valence-corrected chi connectivity index (χ1v) is 7.47. The van der Waals surface area contributed by atoms with E-state index in [0.717, 1.165) is 12.5 Å². The quantitative estimate of drug-likeness (QED) is 0.831. The van der Waals surface area contributed by atoms with Crippen molar-refractivity contribution in [2.75, 3.05) is 0 Å². The maximum atomic E-state index is 3.75. The zero-order valence-electron chi connectivity index (χ0n) is 12.1. The van der Waals surface area contributed by atoms with Crippen LogP contribution in [-0.2, 0) is 6.54 Å². The van der Waals surface area contributed by atoms with Gasteiger partial charge in [0, 0.05) is 12.6 Å². The van der Waals surface area contributed by atoms with Gasteiger partial charge in [0.25, 0.3) is 0 Å². The molecule has 1 aromatic rings. The maximum absolute atomic E-state index is 3.75. The molecule has 2 rings (SSSR count). The zero-order valence-corrected chi connectivity index (χ0v) is 12.1. The van der Waals surface area contributed by atoms with Gasteiger partial charge in [-0.15, -0.1) is 0 Å². The molecule has 1 fully saturated rings. The topological polar surface area (TPSA) is 12.0 Å². The van der Waals surface area contributed by atoms with Gasteiger partial charge in [-0.1, -0.05) is 37.5 Å². The van der Waals surface area contributed by atoms with Crippen molar-refractivity contribution in [1.29, 1.82) is 0 Å².